The van der Waals surface area contributed by atoms with E-state index in [1.54, 1.807) is 23.9 Å². The van der Waals surface area contributed by atoms with E-state index in [2.05, 4.69) is 22.4 Å². The Hall–Kier alpha value is -1.85. The summed E-state index contributed by atoms with van der Waals surface area (Å²) in [7, 11) is -3.56. The third-order valence-corrected chi connectivity index (χ3v) is 7.07. The third kappa shape index (κ3) is 4.71. The number of nitrogens with zero attached hydrogens (tertiary/aromatic N) is 3. The van der Waals surface area contributed by atoms with Gasteiger partial charge in [0.1, 0.15) is 5.75 Å². The Morgan fingerprint density at radius 2 is 2.22 bits per heavy atom. The summed E-state index contributed by atoms with van der Waals surface area (Å²) in [5.41, 5.74) is 1.34. The summed E-state index contributed by atoms with van der Waals surface area (Å²) in [5, 5.41) is 11.0. The van der Waals surface area contributed by atoms with Crippen LogP contribution in [0.25, 0.3) is 0 Å². The Labute approximate surface area is 166 Å². The minimum absolute atomic E-state index is 0.0998. The molecule has 1 aliphatic rings. The van der Waals surface area contributed by atoms with E-state index in [9.17, 15) is 13.2 Å². The molecule has 1 atom stereocenters. The number of carbonyl (C=O) groups is 1. The van der Waals surface area contributed by atoms with Crippen molar-refractivity contribution in [2.45, 2.75) is 30.7 Å². The summed E-state index contributed by atoms with van der Waals surface area (Å²) in [6.07, 6.45) is 1.15. The molecule has 1 N–H and O–H groups in total. The van der Waals surface area contributed by atoms with Crippen LogP contribution >= 0.6 is 23.1 Å². The van der Waals surface area contributed by atoms with Gasteiger partial charge in [0.05, 0.1) is 18.5 Å². The second-order valence-electron chi connectivity index (χ2n) is 6.08. The largest absolute Gasteiger partial charge is 0.476 e. The van der Waals surface area contributed by atoms with Gasteiger partial charge in [0, 0.05) is 5.75 Å². The number of aromatic nitrogens is 2. The van der Waals surface area contributed by atoms with Crippen LogP contribution in [0.1, 0.15) is 18.9 Å². The van der Waals surface area contributed by atoms with Crippen molar-refractivity contribution in [3.05, 3.63) is 23.8 Å². The van der Waals surface area contributed by atoms with E-state index in [4.69, 9.17) is 4.74 Å². The zero-order chi connectivity index (χ0) is 19.6. The van der Waals surface area contributed by atoms with Gasteiger partial charge in [-0.25, -0.2) is 8.42 Å². The quantitative estimate of drug-likeness (QED) is 0.557. The first-order valence-electron chi connectivity index (χ1n) is 8.30. The Morgan fingerprint density at radius 3 is 2.93 bits per heavy atom. The van der Waals surface area contributed by atoms with Gasteiger partial charge < -0.3 is 4.74 Å². The Kier molecular flexibility index (Phi) is 5.92. The summed E-state index contributed by atoms with van der Waals surface area (Å²) < 4.78 is 32.1. The molecule has 0 bridgehead atoms. The Morgan fingerprint density at radius 1 is 1.44 bits per heavy atom. The molecule has 1 aliphatic heterocycles. The molecule has 0 fully saturated rings. The smallest absolute Gasteiger partial charge is 0.269 e. The number of hydrogen-bond donors (Lipinski definition) is 1. The highest BCUT2D eigenvalue weighted by Gasteiger charge is 2.35. The number of aryl methyl sites for hydroxylation is 1. The minimum Gasteiger partial charge on any atom is -0.476 e. The number of nitrogens with one attached hydrogen (secondary N) is 1. The lowest BCUT2D eigenvalue weighted by atomic mass is 10.1. The van der Waals surface area contributed by atoms with Crippen LogP contribution < -0.4 is 14.4 Å². The van der Waals surface area contributed by atoms with Crippen molar-refractivity contribution in [3.8, 4) is 5.75 Å². The fourth-order valence-corrected chi connectivity index (χ4v) is 5.09. The molecule has 11 heteroatoms. The van der Waals surface area contributed by atoms with E-state index in [1.807, 2.05) is 13.0 Å². The van der Waals surface area contributed by atoms with Crippen LogP contribution in [-0.4, -0.2) is 49.2 Å². The van der Waals surface area contributed by atoms with E-state index in [1.165, 1.54) is 15.6 Å². The fraction of sp³-hybridized carbons (Fsp3) is 0.438. The molecule has 0 spiro atoms. The lowest BCUT2D eigenvalue weighted by Gasteiger charge is -2.34. The van der Waals surface area contributed by atoms with Gasteiger partial charge in [-0.05, 0) is 31.0 Å². The maximum Gasteiger partial charge on any atom is 0.269 e. The van der Waals surface area contributed by atoms with Crippen LogP contribution in [0.5, 0.6) is 5.75 Å². The first kappa shape index (κ1) is 19.9. The maximum atomic E-state index is 12.6. The average Bonchev–Trinajstić information content (AvgIpc) is 3.05. The van der Waals surface area contributed by atoms with Crippen molar-refractivity contribution in [1.82, 2.24) is 10.2 Å². The fourth-order valence-electron chi connectivity index (χ4n) is 2.51. The van der Waals surface area contributed by atoms with Crippen molar-refractivity contribution < 1.29 is 17.9 Å². The van der Waals surface area contributed by atoms with Crippen LogP contribution in [0.3, 0.4) is 0 Å². The molecule has 2 heterocycles. The van der Waals surface area contributed by atoms with Crippen molar-refractivity contribution in [1.29, 1.82) is 0 Å². The molecule has 1 aromatic heterocycles. The van der Waals surface area contributed by atoms with Crippen molar-refractivity contribution in [3.63, 3.8) is 0 Å². The zero-order valence-electron chi connectivity index (χ0n) is 15.1. The van der Waals surface area contributed by atoms with E-state index in [0.717, 1.165) is 28.3 Å². The predicted octanol–water partition coefficient (Wildman–Crippen LogP) is 2.51. The summed E-state index contributed by atoms with van der Waals surface area (Å²) in [4.78, 5) is 12.6. The number of hydrogen-bond acceptors (Lipinski definition) is 8. The topological polar surface area (TPSA) is 101 Å². The van der Waals surface area contributed by atoms with E-state index >= 15 is 0 Å². The molecule has 27 heavy (non-hydrogen) atoms. The normalized spacial score (nSPS) is 16.6. The van der Waals surface area contributed by atoms with Gasteiger partial charge in [0.25, 0.3) is 5.91 Å². The lowest BCUT2D eigenvalue weighted by Crippen LogP contribution is -2.48. The molecule has 0 aliphatic carbocycles. The van der Waals surface area contributed by atoms with Gasteiger partial charge >= 0.3 is 0 Å². The van der Waals surface area contributed by atoms with Crippen molar-refractivity contribution >= 4 is 49.8 Å². The summed E-state index contributed by atoms with van der Waals surface area (Å²) in [6, 6.07) is 5.21. The maximum absolute atomic E-state index is 12.6. The lowest BCUT2D eigenvalue weighted by molar-refractivity contribution is -0.122. The third-order valence-electron chi connectivity index (χ3n) is 3.74. The molecule has 0 saturated heterocycles. The van der Waals surface area contributed by atoms with Crippen LogP contribution in [0, 0.1) is 6.92 Å². The molecular weight excluding hydrogens is 408 g/mol. The van der Waals surface area contributed by atoms with Crippen LogP contribution in [0.15, 0.2) is 22.5 Å². The van der Waals surface area contributed by atoms with Gasteiger partial charge in [-0.15, -0.1) is 10.2 Å². The van der Waals surface area contributed by atoms with E-state index in [-0.39, 0.29) is 6.54 Å². The first-order valence-corrected chi connectivity index (χ1v) is 11.9. The average molecular weight is 429 g/mol. The van der Waals surface area contributed by atoms with Gasteiger partial charge in [-0.1, -0.05) is 36.1 Å². The number of ether oxygens (including phenoxy) is 1. The molecule has 1 amide bonds. The number of rotatable bonds is 6. The first-order chi connectivity index (χ1) is 12.8. The van der Waals surface area contributed by atoms with Crippen LogP contribution in [-0.2, 0) is 14.8 Å². The highest BCUT2D eigenvalue weighted by molar-refractivity contribution is 8.01. The summed E-state index contributed by atoms with van der Waals surface area (Å²) in [6.45, 7) is 3.84. The summed E-state index contributed by atoms with van der Waals surface area (Å²) >= 11 is 2.85. The molecule has 146 valence electrons. The number of fused-ring (bicyclic) bond motifs is 1. The molecule has 0 radical (unpaired) electrons. The molecule has 0 saturated carbocycles. The number of thioether (sulfide) groups is 1. The van der Waals surface area contributed by atoms with Crippen LogP contribution in [0.4, 0.5) is 10.8 Å². The monoisotopic (exact) mass is 428 g/mol. The van der Waals surface area contributed by atoms with Gasteiger partial charge in [-0.2, -0.15) is 0 Å². The number of sulfonamides is 1. The van der Waals surface area contributed by atoms with Crippen molar-refractivity contribution in [2.75, 3.05) is 28.2 Å². The SMILES string of the molecule is CCCSc1nnc(NC(=O)[C@H]2CN(S(C)(=O)=O)c3cc(C)ccc3O2)s1. The molecule has 2 aromatic rings. The number of amides is 1. The zero-order valence-corrected chi connectivity index (χ0v) is 17.6. The van der Waals surface area contributed by atoms with E-state index in [0.29, 0.717) is 16.6 Å². The number of carbonyl (C=O) groups excluding carboxylic acids is 1. The molecule has 1 aromatic carbocycles. The molecular formula is C16H20N4O4S3. The van der Waals surface area contributed by atoms with Gasteiger partial charge in [-0.3, -0.25) is 14.4 Å². The van der Waals surface area contributed by atoms with Gasteiger partial charge in [0.2, 0.25) is 15.2 Å². The van der Waals surface area contributed by atoms with Gasteiger partial charge in [0.15, 0.2) is 10.4 Å². The Balaban J connectivity index is 1.78. The second-order valence-corrected chi connectivity index (χ2v) is 10.3. The standard InChI is InChI=1S/C16H20N4O4S3/c1-4-7-25-16-19-18-15(26-16)17-14(21)13-9-20(27(3,22)23)11-8-10(2)5-6-12(11)24-13/h5-6,8,13H,4,7,9H2,1-3H3,(H,17,18,21)/t13-/m1/s1. The minimum atomic E-state index is -3.56. The highest BCUT2D eigenvalue weighted by atomic mass is 32.2. The van der Waals surface area contributed by atoms with Crippen molar-refractivity contribution in [2.24, 2.45) is 0 Å². The molecule has 8 nitrogen and oxygen atoms in total. The molecule has 0 unspecified atom stereocenters. The Bertz CT molecular complexity index is 945. The number of benzene rings is 1. The molecule has 3 rings (SSSR count). The summed E-state index contributed by atoms with van der Waals surface area (Å²) in [5.74, 6) is 0.820. The second kappa shape index (κ2) is 8.03. The van der Waals surface area contributed by atoms with E-state index < -0.39 is 22.0 Å². The van der Waals surface area contributed by atoms with Crippen LogP contribution in [0.2, 0.25) is 0 Å². The predicted molar refractivity (Wildman–Crippen MR) is 107 cm³/mol. The highest BCUT2D eigenvalue weighted by Crippen LogP contribution is 2.36. The number of anilines is 2.